The highest BCUT2D eigenvalue weighted by atomic mass is 32.2. The van der Waals surface area contributed by atoms with Crippen molar-refractivity contribution in [3.05, 3.63) is 84.4 Å². The molecule has 1 aromatic heterocycles. The van der Waals surface area contributed by atoms with Crippen LogP contribution in [-0.4, -0.2) is 24.5 Å². The molecular formula is C21H17F2N3O2S. The molecule has 1 heterocycles. The van der Waals surface area contributed by atoms with Crippen LogP contribution in [-0.2, 0) is 16.6 Å². The van der Waals surface area contributed by atoms with Crippen molar-refractivity contribution in [2.45, 2.75) is 11.4 Å². The molecule has 0 fully saturated rings. The third kappa shape index (κ3) is 3.90. The number of para-hydroxylation sites is 2. The number of aromatic nitrogens is 2. The Balaban J connectivity index is 1.60. The molecule has 1 N–H and O–H groups in total. The van der Waals surface area contributed by atoms with Gasteiger partial charge in [0.05, 0.1) is 15.9 Å². The van der Waals surface area contributed by atoms with Crippen LogP contribution in [0.5, 0.6) is 0 Å². The van der Waals surface area contributed by atoms with Gasteiger partial charge in [0.2, 0.25) is 10.0 Å². The molecule has 8 heteroatoms. The van der Waals surface area contributed by atoms with Crippen molar-refractivity contribution < 1.29 is 17.2 Å². The van der Waals surface area contributed by atoms with Crippen LogP contribution in [0.3, 0.4) is 0 Å². The van der Waals surface area contributed by atoms with E-state index in [0.29, 0.717) is 12.6 Å². The first kappa shape index (κ1) is 19.2. The van der Waals surface area contributed by atoms with E-state index in [-0.39, 0.29) is 11.4 Å². The fourth-order valence-electron chi connectivity index (χ4n) is 3.13. The van der Waals surface area contributed by atoms with Crippen LogP contribution < -0.4 is 4.72 Å². The lowest BCUT2D eigenvalue weighted by atomic mass is 10.2. The Kier molecular flexibility index (Phi) is 5.12. The van der Waals surface area contributed by atoms with E-state index in [1.807, 2.05) is 59.2 Å². The number of hydrogen-bond donors (Lipinski definition) is 1. The molecular weight excluding hydrogens is 396 g/mol. The van der Waals surface area contributed by atoms with Crippen molar-refractivity contribution in [2.24, 2.45) is 0 Å². The van der Waals surface area contributed by atoms with E-state index >= 15 is 0 Å². The minimum atomic E-state index is -3.97. The van der Waals surface area contributed by atoms with Crippen LogP contribution in [0.2, 0.25) is 0 Å². The third-order valence-corrected chi connectivity index (χ3v) is 5.97. The van der Waals surface area contributed by atoms with Crippen molar-refractivity contribution in [3.8, 4) is 11.4 Å². The van der Waals surface area contributed by atoms with Gasteiger partial charge in [0.15, 0.2) is 11.6 Å². The van der Waals surface area contributed by atoms with E-state index in [1.54, 1.807) is 0 Å². The highest BCUT2D eigenvalue weighted by Crippen LogP contribution is 2.24. The fourth-order valence-corrected chi connectivity index (χ4v) is 4.16. The second-order valence-electron chi connectivity index (χ2n) is 6.42. The van der Waals surface area contributed by atoms with Crippen molar-refractivity contribution in [1.29, 1.82) is 0 Å². The number of nitrogens with zero attached hydrogens (tertiary/aromatic N) is 2. The molecule has 29 heavy (non-hydrogen) atoms. The number of nitrogens with one attached hydrogen (secondary N) is 1. The minimum absolute atomic E-state index is 0.0571. The Morgan fingerprint density at radius 2 is 1.62 bits per heavy atom. The van der Waals surface area contributed by atoms with Gasteiger partial charge in [0.1, 0.15) is 5.82 Å². The fraction of sp³-hybridized carbons (Fsp3) is 0.0952. The molecule has 0 radical (unpaired) electrons. The van der Waals surface area contributed by atoms with Gasteiger partial charge in [-0.1, -0.05) is 42.5 Å². The summed E-state index contributed by atoms with van der Waals surface area (Å²) < 4.78 is 55.7. The zero-order valence-corrected chi connectivity index (χ0v) is 16.0. The molecule has 0 saturated carbocycles. The van der Waals surface area contributed by atoms with Crippen molar-refractivity contribution in [3.63, 3.8) is 0 Å². The lowest BCUT2D eigenvalue weighted by Gasteiger charge is -2.11. The molecule has 4 rings (SSSR count). The number of fused-ring (bicyclic) bond motifs is 1. The summed E-state index contributed by atoms with van der Waals surface area (Å²) in [7, 11) is -3.97. The Morgan fingerprint density at radius 3 is 2.38 bits per heavy atom. The molecule has 0 amide bonds. The van der Waals surface area contributed by atoms with Gasteiger partial charge in [-0.2, -0.15) is 0 Å². The van der Waals surface area contributed by atoms with Crippen LogP contribution in [0.15, 0.2) is 77.7 Å². The molecule has 0 saturated heterocycles. The van der Waals surface area contributed by atoms with E-state index in [9.17, 15) is 17.2 Å². The van der Waals surface area contributed by atoms with Crippen LogP contribution in [0.1, 0.15) is 0 Å². The average Bonchev–Trinajstić information content (AvgIpc) is 3.09. The molecule has 0 atom stereocenters. The Hall–Kier alpha value is -3.10. The predicted octanol–water partition coefficient (Wildman–Crippen LogP) is 3.96. The zero-order chi connectivity index (χ0) is 20.4. The second-order valence-corrected chi connectivity index (χ2v) is 8.18. The van der Waals surface area contributed by atoms with E-state index in [4.69, 9.17) is 0 Å². The van der Waals surface area contributed by atoms with Crippen molar-refractivity contribution in [2.75, 3.05) is 6.54 Å². The Bertz CT molecular complexity index is 1270. The first-order chi connectivity index (χ1) is 14.0. The minimum Gasteiger partial charge on any atom is -0.323 e. The van der Waals surface area contributed by atoms with Crippen LogP contribution in [0.25, 0.3) is 22.4 Å². The van der Waals surface area contributed by atoms with E-state index in [0.717, 1.165) is 34.6 Å². The molecule has 0 aliphatic carbocycles. The Labute approximate surface area is 166 Å². The van der Waals surface area contributed by atoms with Gasteiger partial charge in [-0.05, 0) is 30.3 Å². The largest absolute Gasteiger partial charge is 0.323 e. The highest BCUT2D eigenvalue weighted by Gasteiger charge is 2.17. The highest BCUT2D eigenvalue weighted by molar-refractivity contribution is 7.89. The van der Waals surface area contributed by atoms with Gasteiger partial charge in [-0.25, -0.2) is 26.9 Å². The van der Waals surface area contributed by atoms with E-state index in [1.165, 1.54) is 0 Å². The maximum absolute atomic E-state index is 13.4. The number of sulfonamides is 1. The van der Waals surface area contributed by atoms with Gasteiger partial charge in [-0.15, -0.1) is 0 Å². The normalized spacial score (nSPS) is 11.8. The molecule has 3 aromatic carbocycles. The molecule has 0 bridgehead atoms. The number of benzene rings is 3. The second kappa shape index (κ2) is 7.73. The summed E-state index contributed by atoms with van der Waals surface area (Å²) in [6.07, 6.45) is 0. The third-order valence-electron chi connectivity index (χ3n) is 4.52. The summed E-state index contributed by atoms with van der Waals surface area (Å²) in [6.45, 7) is 0.370. The summed E-state index contributed by atoms with van der Waals surface area (Å²) in [4.78, 5) is 4.35. The van der Waals surface area contributed by atoms with Crippen molar-refractivity contribution in [1.82, 2.24) is 14.3 Å². The number of halogens is 2. The summed E-state index contributed by atoms with van der Waals surface area (Å²) in [5, 5.41) is 0. The standard InChI is InChI=1S/C21H17F2N3O2S/c22-17-11-10-16(14-18(17)23)29(27,28)24-12-13-26-20-9-5-4-8-19(20)25-21(26)15-6-2-1-3-7-15/h1-11,14,24H,12-13H2. The molecule has 0 aliphatic rings. The molecule has 4 aromatic rings. The first-order valence-electron chi connectivity index (χ1n) is 8.91. The summed E-state index contributed by atoms with van der Waals surface area (Å²) in [5.41, 5.74) is 2.58. The molecule has 5 nitrogen and oxygen atoms in total. The van der Waals surface area contributed by atoms with Crippen LogP contribution in [0.4, 0.5) is 8.78 Å². The van der Waals surface area contributed by atoms with Crippen LogP contribution in [0, 0.1) is 11.6 Å². The van der Waals surface area contributed by atoms with E-state index < -0.39 is 21.7 Å². The van der Waals surface area contributed by atoms with Gasteiger partial charge in [-0.3, -0.25) is 0 Å². The SMILES string of the molecule is O=S(=O)(NCCn1c(-c2ccccc2)nc2ccccc21)c1ccc(F)c(F)c1. The quantitative estimate of drug-likeness (QED) is 0.520. The summed E-state index contributed by atoms with van der Waals surface area (Å²) in [5.74, 6) is -1.58. The predicted molar refractivity (Wildman–Crippen MR) is 107 cm³/mol. The smallest absolute Gasteiger partial charge is 0.240 e. The monoisotopic (exact) mass is 413 g/mol. The number of imidazole rings is 1. The maximum atomic E-state index is 13.4. The topological polar surface area (TPSA) is 64.0 Å². The molecule has 148 valence electrons. The van der Waals surface area contributed by atoms with Gasteiger partial charge in [0.25, 0.3) is 0 Å². The Morgan fingerprint density at radius 1 is 0.897 bits per heavy atom. The summed E-state index contributed by atoms with van der Waals surface area (Å²) in [6, 6.07) is 19.7. The van der Waals surface area contributed by atoms with Gasteiger partial charge in [0, 0.05) is 18.7 Å². The zero-order valence-electron chi connectivity index (χ0n) is 15.2. The average molecular weight is 413 g/mol. The molecule has 0 spiro atoms. The summed E-state index contributed by atoms with van der Waals surface area (Å²) >= 11 is 0. The molecule has 0 aliphatic heterocycles. The maximum Gasteiger partial charge on any atom is 0.240 e. The van der Waals surface area contributed by atoms with Crippen LogP contribution >= 0.6 is 0 Å². The lowest BCUT2D eigenvalue weighted by molar-refractivity contribution is 0.504. The molecule has 0 unspecified atom stereocenters. The lowest BCUT2D eigenvalue weighted by Crippen LogP contribution is -2.27. The number of hydrogen-bond acceptors (Lipinski definition) is 3. The van der Waals surface area contributed by atoms with Gasteiger partial charge < -0.3 is 4.57 Å². The first-order valence-corrected chi connectivity index (χ1v) is 10.4. The van der Waals surface area contributed by atoms with E-state index in [2.05, 4.69) is 9.71 Å². The van der Waals surface area contributed by atoms with Gasteiger partial charge >= 0.3 is 0 Å². The van der Waals surface area contributed by atoms with Crippen molar-refractivity contribution >= 4 is 21.1 Å². The number of rotatable bonds is 6.